The number of imidazole rings is 1. The van der Waals surface area contributed by atoms with Crippen molar-refractivity contribution in [3.63, 3.8) is 0 Å². The van der Waals surface area contributed by atoms with Crippen LogP contribution in [0.4, 0.5) is 0 Å². The predicted octanol–water partition coefficient (Wildman–Crippen LogP) is 1.97. The zero-order valence-electron chi connectivity index (χ0n) is 10.4. The first-order chi connectivity index (χ1) is 8.31. The van der Waals surface area contributed by atoms with Crippen LogP contribution in [-0.4, -0.2) is 28.0 Å². The van der Waals surface area contributed by atoms with Crippen molar-refractivity contribution in [1.82, 2.24) is 9.55 Å². The summed E-state index contributed by atoms with van der Waals surface area (Å²) in [6.07, 6.45) is 8.00. The van der Waals surface area contributed by atoms with Gasteiger partial charge in [0.25, 0.3) is 0 Å². The quantitative estimate of drug-likeness (QED) is 0.785. The number of hydrogen-bond donors (Lipinski definition) is 0. The molecule has 0 bridgehead atoms. The summed E-state index contributed by atoms with van der Waals surface area (Å²) in [6, 6.07) is 0. The van der Waals surface area contributed by atoms with Crippen LogP contribution in [0.1, 0.15) is 38.4 Å². The largest absolute Gasteiger partial charge is 0.370 e. The van der Waals surface area contributed by atoms with Crippen molar-refractivity contribution in [2.24, 2.45) is 0 Å². The van der Waals surface area contributed by atoms with E-state index in [-0.39, 0.29) is 11.9 Å². The number of ether oxygens (including phenoxy) is 1. The van der Waals surface area contributed by atoms with Crippen LogP contribution in [0, 0.1) is 0 Å². The van der Waals surface area contributed by atoms with E-state index >= 15 is 0 Å². The molecule has 94 valence electrons. The van der Waals surface area contributed by atoms with Crippen LogP contribution >= 0.6 is 0 Å². The van der Waals surface area contributed by atoms with E-state index in [0.717, 1.165) is 44.7 Å². The SMILES string of the molecule is CCCn1ccnc1CC(=O)C1CCCCO1. The summed E-state index contributed by atoms with van der Waals surface area (Å²) in [4.78, 5) is 16.3. The Morgan fingerprint density at radius 1 is 1.59 bits per heavy atom. The maximum atomic E-state index is 12.0. The van der Waals surface area contributed by atoms with Gasteiger partial charge in [-0.1, -0.05) is 6.92 Å². The van der Waals surface area contributed by atoms with E-state index < -0.39 is 0 Å². The minimum atomic E-state index is -0.199. The van der Waals surface area contributed by atoms with E-state index in [1.807, 2.05) is 6.20 Å². The van der Waals surface area contributed by atoms with Gasteiger partial charge in [0.05, 0.1) is 6.42 Å². The van der Waals surface area contributed by atoms with E-state index in [9.17, 15) is 4.79 Å². The van der Waals surface area contributed by atoms with Gasteiger partial charge in [0.2, 0.25) is 0 Å². The molecule has 4 heteroatoms. The molecule has 1 aromatic heterocycles. The van der Waals surface area contributed by atoms with Crippen LogP contribution in [-0.2, 0) is 22.5 Å². The zero-order valence-corrected chi connectivity index (χ0v) is 10.4. The molecular formula is C13H20N2O2. The highest BCUT2D eigenvalue weighted by atomic mass is 16.5. The third kappa shape index (κ3) is 3.16. The monoisotopic (exact) mass is 236 g/mol. The van der Waals surface area contributed by atoms with Gasteiger partial charge in [0.15, 0.2) is 5.78 Å². The fourth-order valence-corrected chi connectivity index (χ4v) is 2.22. The third-order valence-corrected chi connectivity index (χ3v) is 3.14. The summed E-state index contributed by atoms with van der Waals surface area (Å²) in [5.74, 6) is 1.04. The molecule has 1 aliphatic heterocycles. The van der Waals surface area contributed by atoms with E-state index in [1.165, 1.54) is 0 Å². The Bertz CT molecular complexity index is 367. The van der Waals surface area contributed by atoms with Gasteiger partial charge in [-0.25, -0.2) is 4.98 Å². The lowest BCUT2D eigenvalue weighted by Crippen LogP contribution is -2.30. The van der Waals surface area contributed by atoms with Crippen LogP contribution < -0.4 is 0 Å². The summed E-state index contributed by atoms with van der Waals surface area (Å²) >= 11 is 0. The minimum Gasteiger partial charge on any atom is -0.370 e. The molecule has 0 spiro atoms. The average Bonchev–Trinajstić information content (AvgIpc) is 2.78. The third-order valence-electron chi connectivity index (χ3n) is 3.14. The molecule has 1 aliphatic rings. The molecule has 1 saturated heterocycles. The van der Waals surface area contributed by atoms with E-state index in [1.54, 1.807) is 6.20 Å². The van der Waals surface area contributed by atoms with Crippen LogP contribution in [0.5, 0.6) is 0 Å². The number of hydrogen-bond acceptors (Lipinski definition) is 3. The lowest BCUT2D eigenvalue weighted by atomic mass is 10.0. The number of rotatable bonds is 5. The minimum absolute atomic E-state index is 0.174. The highest BCUT2D eigenvalue weighted by Gasteiger charge is 2.23. The Labute approximate surface area is 102 Å². The van der Waals surface area contributed by atoms with Crippen molar-refractivity contribution in [3.8, 4) is 0 Å². The molecule has 0 saturated carbocycles. The van der Waals surface area contributed by atoms with E-state index in [0.29, 0.717) is 6.42 Å². The summed E-state index contributed by atoms with van der Waals surface area (Å²) in [5, 5.41) is 0. The Balaban J connectivity index is 1.94. The molecule has 2 heterocycles. The van der Waals surface area contributed by atoms with Crippen molar-refractivity contribution < 1.29 is 9.53 Å². The second-order valence-corrected chi connectivity index (χ2v) is 4.54. The Morgan fingerprint density at radius 2 is 2.47 bits per heavy atom. The summed E-state index contributed by atoms with van der Waals surface area (Å²) < 4.78 is 7.56. The summed E-state index contributed by atoms with van der Waals surface area (Å²) in [5.41, 5.74) is 0. The molecule has 0 N–H and O–H groups in total. The van der Waals surface area contributed by atoms with Gasteiger partial charge >= 0.3 is 0 Å². The van der Waals surface area contributed by atoms with Crippen molar-refractivity contribution in [2.45, 2.75) is 51.7 Å². The van der Waals surface area contributed by atoms with Crippen LogP contribution in [0.3, 0.4) is 0 Å². The highest BCUT2D eigenvalue weighted by molar-refractivity contribution is 5.84. The molecule has 0 amide bonds. The lowest BCUT2D eigenvalue weighted by molar-refractivity contribution is -0.132. The van der Waals surface area contributed by atoms with E-state index in [2.05, 4.69) is 16.5 Å². The molecule has 0 aliphatic carbocycles. The predicted molar refractivity (Wildman–Crippen MR) is 64.8 cm³/mol. The maximum Gasteiger partial charge on any atom is 0.169 e. The fourth-order valence-electron chi connectivity index (χ4n) is 2.22. The smallest absolute Gasteiger partial charge is 0.169 e. The van der Waals surface area contributed by atoms with E-state index in [4.69, 9.17) is 4.74 Å². The molecule has 2 rings (SSSR count). The number of nitrogens with zero attached hydrogens (tertiary/aromatic N) is 2. The molecule has 17 heavy (non-hydrogen) atoms. The Morgan fingerprint density at radius 3 is 3.18 bits per heavy atom. The van der Waals surface area contributed by atoms with Gasteiger partial charge in [-0.3, -0.25) is 4.79 Å². The van der Waals surface area contributed by atoms with Gasteiger partial charge in [0.1, 0.15) is 11.9 Å². The maximum absolute atomic E-state index is 12.0. The van der Waals surface area contributed by atoms with Crippen LogP contribution in [0.2, 0.25) is 0 Å². The highest BCUT2D eigenvalue weighted by Crippen LogP contribution is 2.15. The van der Waals surface area contributed by atoms with Crippen molar-refractivity contribution >= 4 is 5.78 Å². The average molecular weight is 236 g/mol. The molecule has 4 nitrogen and oxygen atoms in total. The molecule has 1 fully saturated rings. The fraction of sp³-hybridized carbons (Fsp3) is 0.692. The molecular weight excluding hydrogens is 216 g/mol. The first-order valence-electron chi connectivity index (χ1n) is 6.45. The topological polar surface area (TPSA) is 44.1 Å². The Hall–Kier alpha value is -1.16. The molecule has 0 radical (unpaired) electrons. The van der Waals surface area contributed by atoms with Crippen molar-refractivity contribution in [3.05, 3.63) is 18.2 Å². The van der Waals surface area contributed by atoms with Crippen molar-refractivity contribution in [2.75, 3.05) is 6.61 Å². The summed E-state index contributed by atoms with van der Waals surface area (Å²) in [7, 11) is 0. The summed E-state index contributed by atoms with van der Waals surface area (Å²) in [6.45, 7) is 3.77. The number of carbonyl (C=O) groups excluding carboxylic acids is 1. The second kappa shape index (κ2) is 5.96. The molecule has 1 unspecified atom stereocenters. The van der Waals surface area contributed by atoms with Gasteiger partial charge in [-0.2, -0.15) is 0 Å². The van der Waals surface area contributed by atoms with Gasteiger partial charge in [-0.15, -0.1) is 0 Å². The lowest BCUT2D eigenvalue weighted by Gasteiger charge is -2.21. The van der Waals surface area contributed by atoms with Gasteiger partial charge < -0.3 is 9.30 Å². The van der Waals surface area contributed by atoms with Gasteiger partial charge in [-0.05, 0) is 25.7 Å². The standard InChI is InChI=1S/C13H20N2O2/c1-2-7-15-8-6-14-13(15)10-11(16)12-5-3-4-9-17-12/h6,8,12H,2-5,7,9-10H2,1H3. The number of ketones is 1. The Kier molecular flexibility index (Phi) is 4.31. The first-order valence-corrected chi connectivity index (χ1v) is 6.45. The normalized spacial score (nSPS) is 20.4. The zero-order chi connectivity index (χ0) is 12.1. The van der Waals surface area contributed by atoms with Gasteiger partial charge in [0, 0.05) is 25.5 Å². The first kappa shape index (κ1) is 12.3. The number of aryl methyl sites for hydroxylation is 1. The molecule has 0 aromatic carbocycles. The van der Waals surface area contributed by atoms with Crippen LogP contribution in [0.15, 0.2) is 12.4 Å². The van der Waals surface area contributed by atoms with Crippen LogP contribution in [0.25, 0.3) is 0 Å². The molecule has 1 atom stereocenters. The van der Waals surface area contributed by atoms with Crippen molar-refractivity contribution in [1.29, 1.82) is 0 Å². The number of Topliss-reactive ketones (excluding diaryl/α,β-unsaturated/α-hetero) is 1. The number of carbonyl (C=O) groups is 1. The molecule has 1 aromatic rings. The second-order valence-electron chi connectivity index (χ2n) is 4.54. The number of aromatic nitrogens is 2.